The Hall–Kier alpha value is -4.34. The topological polar surface area (TPSA) is 117 Å². The molecular weight excluding hydrogens is 523 g/mol. The Morgan fingerprint density at radius 3 is 2.30 bits per heavy atom. The molecule has 210 valence electrons. The number of carbonyl (C=O) groups is 2. The standard InChI is InChI=1S/C30H30F3N3O4/c31-30(32,33)24-5-1-3-19(15-24)4-2-14-36-25(16-23(29(36)39)17-27(37)38)18-40-26-12-10-21(11-13-26)20-6-8-22(9-7-20)28(34)35/h1,3,5-13,15,23,25H,2,4,14,16-18H2,(H3,34,35)(H,37,38)/t23-,25-/m0/s1. The number of hydrogen-bond acceptors (Lipinski definition) is 4. The number of carbonyl (C=O) groups excluding carboxylic acids is 1. The molecule has 3 aromatic carbocycles. The number of rotatable bonds is 11. The van der Waals surface area contributed by atoms with Crippen LogP contribution in [0.1, 0.15) is 36.0 Å². The zero-order chi connectivity index (χ0) is 28.9. The fourth-order valence-electron chi connectivity index (χ4n) is 4.94. The van der Waals surface area contributed by atoms with Gasteiger partial charge in [-0.25, -0.2) is 0 Å². The van der Waals surface area contributed by atoms with Crippen LogP contribution in [0.5, 0.6) is 5.75 Å². The second-order valence-electron chi connectivity index (χ2n) is 9.84. The molecule has 0 saturated carbocycles. The normalized spacial score (nSPS) is 17.2. The number of amidine groups is 1. The van der Waals surface area contributed by atoms with Crippen LogP contribution in [0, 0.1) is 11.3 Å². The molecule has 1 saturated heterocycles. The van der Waals surface area contributed by atoms with Crippen molar-refractivity contribution in [2.45, 2.75) is 37.9 Å². The van der Waals surface area contributed by atoms with Crippen molar-refractivity contribution in [2.24, 2.45) is 11.7 Å². The van der Waals surface area contributed by atoms with E-state index in [9.17, 15) is 27.9 Å². The lowest BCUT2D eigenvalue weighted by molar-refractivity contribution is -0.142. The molecule has 0 bridgehead atoms. The van der Waals surface area contributed by atoms with E-state index in [-0.39, 0.29) is 37.4 Å². The van der Waals surface area contributed by atoms with E-state index in [0.29, 0.717) is 36.1 Å². The summed E-state index contributed by atoms with van der Waals surface area (Å²) >= 11 is 0. The number of likely N-dealkylation sites (tertiary alicyclic amines) is 1. The van der Waals surface area contributed by atoms with Crippen LogP contribution in [0.25, 0.3) is 11.1 Å². The highest BCUT2D eigenvalue weighted by atomic mass is 19.4. The number of hydrogen-bond donors (Lipinski definition) is 3. The maximum absolute atomic E-state index is 13.0. The van der Waals surface area contributed by atoms with E-state index in [2.05, 4.69) is 0 Å². The molecule has 1 aliphatic rings. The van der Waals surface area contributed by atoms with E-state index in [1.807, 2.05) is 24.3 Å². The van der Waals surface area contributed by atoms with Crippen LogP contribution in [0.2, 0.25) is 0 Å². The summed E-state index contributed by atoms with van der Waals surface area (Å²) in [7, 11) is 0. The molecule has 1 amide bonds. The summed E-state index contributed by atoms with van der Waals surface area (Å²) in [4.78, 5) is 25.9. The van der Waals surface area contributed by atoms with Crippen molar-refractivity contribution in [1.29, 1.82) is 5.41 Å². The van der Waals surface area contributed by atoms with Gasteiger partial charge in [0.05, 0.1) is 23.9 Å². The van der Waals surface area contributed by atoms with Crippen LogP contribution in [0.4, 0.5) is 13.2 Å². The van der Waals surface area contributed by atoms with Crippen LogP contribution >= 0.6 is 0 Å². The molecule has 0 aliphatic carbocycles. The number of nitrogens with one attached hydrogen (secondary N) is 1. The average Bonchev–Trinajstić information content (AvgIpc) is 3.21. The van der Waals surface area contributed by atoms with Gasteiger partial charge in [-0.05, 0) is 54.2 Å². The van der Waals surface area contributed by atoms with Crippen molar-refractivity contribution >= 4 is 17.7 Å². The number of amides is 1. The summed E-state index contributed by atoms with van der Waals surface area (Å²) in [6, 6.07) is 19.4. The third-order valence-corrected chi connectivity index (χ3v) is 7.00. The molecular formula is C30H30F3N3O4. The zero-order valence-electron chi connectivity index (χ0n) is 21.7. The van der Waals surface area contributed by atoms with Crippen molar-refractivity contribution in [2.75, 3.05) is 13.2 Å². The summed E-state index contributed by atoms with van der Waals surface area (Å²) in [5.74, 6) is -1.42. The summed E-state index contributed by atoms with van der Waals surface area (Å²) in [6.07, 6.45) is -3.60. The molecule has 4 N–H and O–H groups in total. The number of alkyl halides is 3. The number of ether oxygens (including phenoxy) is 1. The summed E-state index contributed by atoms with van der Waals surface area (Å²) in [5.41, 5.74) is 7.84. The van der Waals surface area contributed by atoms with E-state index < -0.39 is 23.6 Å². The summed E-state index contributed by atoms with van der Waals surface area (Å²) in [6.45, 7) is 0.451. The SMILES string of the molecule is N=C(N)c1ccc(-c2ccc(OC[C@@H]3C[C@@H](CC(=O)O)C(=O)N3CCCc3cccc(C(F)(F)F)c3)cc2)cc1. The first-order chi connectivity index (χ1) is 19.0. The molecule has 1 aliphatic heterocycles. The first-order valence-electron chi connectivity index (χ1n) is 12.9. The Kier molecular flexibility index (Phi) is 8.77. The second kappa shape index (κ2) is 12.2. The van der Waals surface area contributed by atoms with Crippen LogP contribution in [-0.4, -0.2) is 46.9 Å². The molecule has 10 heteroatoms. The minimum atomic E-state index is -4.42. The average molecular weight is 554 g/mol. The van der Waals surface area contributed by atoms with Crippen molar-refractivity contribution < 1.29 is 32.6 Å². The summed E-state index contributed by atoms with van der Waals surface area (Å²) < 4.78 is 45.1. The number of carboxylic acids is 1. The summed E-state index contributed by atoms with van der Waals surface area (Å²) in [5, 5.41) is 16.7. The third kappa shape index (κ3) is 7.19. The molecule has 2 atom stereocenters. The lowest BCUT2D eigenvalue weighted by Gasteiger charge is -2.25. The number of benzene rings is 3. The van der Waals surface area contributed by atoms with E-state index in [4.69, 9.17) is 15.9 Å². The molecule has 7 nitrogen and oxygen atoms in total. The van der Waals surface area contributed by atoms with E-state index in [1.165, 1.54) is 6.07 Å². The van der Waals surface area contributed by atoms with Crippen molar-refractivity contribution in [3.05, 3.63) is 89.5 Å². The van der Waals surface area contributed by atoms with Gasteiger partial charge in [-0.15, -0.1) is 0 Å². The first-order valence-corrected chi connectivity index (χ1v) is 12.9. The molecule has 3 aromatic rings. The zero-order valence-corrected chi connectivity index (χ0v) is 21.7. The van der Waals surface area contributed by atoms with Gasteiger partial charge >= 0.3 is 12.1 Å². The predicted octanol–water partition coefficient (Wildman–Crippen LogP) is 5.36. The van der Waals surface area contributed by atoms with Gasteiger partial charge in [0.25, 0.3) is 0 Å². The smallest absolute Gasteiger partial charge is 0.416 e. The monoisotopic (exact) mass is 553 g/mol. The molecule has 1 heterocycles. The van der Waals surface area contributed by atoms with Gasteiger partial charge in [0.1, 0.15) is 18.2 Å². The molecule has 4 rings (SSSR count). The van der Waals surface area contributed by atoms with Gasteiger partial charge in [-0.3, -0.25) is 15.0 Å². The minimum absolute atomic E-state index is 0.00372. The van der Waals surface area contributed by atoms with Crippen molar-refractivity contribution in [3.8, 4) is 16.9 Å². The van der Waals surface area contributed by atoms with Crippen molar-refractivity contribution in [1.82, 2.24) is 4.90 Å². The second-order valence-corrected chi connectivity index (χ2v) is 9.84. The van der Waals surface area contributed by atoms with Crippen molar-refractivity contribution in [3.63, 3.8) is 0 Å². The van der Waals surface area contributed by atoms with Crippen LogP contribution in [-0.2, 0) is 22.2 Å². The first kappa shape index (κ1) is 28.7. The third-order valence-electron chi connectivity index (χ3n) is 7.00. The van der Waals surface area contributed by atoms with Crippen LogP contribution in [0.3, 0.4) is 0 Å². The molecule has 1 fully saturated rings. The number of nitrogens with two attached hydrogens (primary N) is 1. The van der Waals surface area contributed by atoms with E-state index in [1.54, 1.807) is 35.2 Å². The van der Waals surface area contributed by atoms with Gasteiger partial charge in [-0.2, -0.15) is 13.2 Å². The van der Waals surface area contributed by atoms with Gasteiger partial charge < -0.3 is 20.5 Å². The van der Waals surface area contributed by atoms with Crippen LogP contribution in [0.15, 0.2) is 72.8 Å². The highest BCUT2D eigenvalue weighted by molar-refractivity contribution is 5.95. The Labute approximate surface area is 229 Å². The number of aryl methyl sites for hydroxylation is 1. The molecule has 40 heavy (non-hydrogen) atoms. The Morgan fingerprint density at radius 2 is 1.70 bits per heavy atom. The fourth-order valence-corrected chi connectivity index (χ4v) is 4.94. The lowest BCUT2D eigenvalue weighted by atomic mass is 10.0. The molecule has 0 unspecified atom stereocenters. The molecule has 0 aromatic heterocycles. The Bertz CT molecular complexity index is 1360. The Balaban J connectivity index is 1.38. The predicted molar refractivity (Wildman–Crippen MR) is 144 cm³/mol. The molecule has 0 spiro atoms. The molecule has 0 radical (unpaired) electrons. The number of halogens is 3. The highest BCUT2D eigenvalue weighted by Gasteiger charge is 2.40. The van der Waals surface area contributed by atoms with E-state index >= 15 is 0 Å². The van der Waals surface area contributed by atoms with Gasteiger partial charge in [-0.1, -0.05) is 54.6 Å². The minimum Gasteiger partial charge on any atom is -0.491 e. The number of carboxylic acid groups (broad SMARTS) is 1. The number of nitrogen functional groups attached to an aromatic ring is 1. The van der Waals surface area contributed by atoms with E-state index in [0.717, 1.165) is 23.3 Å². The fraction of sp³-hybridized carbons (Fsp3) is 0.300. The lowest BCUT2D eigenvalue weighted by Crippen LogP contribution is -2.38. The quantitative estimate of drug-likeness (QED) is 0.218. The van der Waals surface area contributed by atoms with Gasteiger partial charge in [0.15, 0.2) is 0 Å². The Morgan fingerprint density at radius 1 is 1.05 bits per heavy atom. The van der Waals surface area contributed by atoms with Gasteiger partial charge in [0.2, 0.25) is 5.91 Å². The maximum Gasteiger partial charge on any atom is 0.416 e. The number of aliphatic carboxylic acids is 1. The highest BCUT2D eigenvalue weighted by Crippen LogP contribution is 2.31. The van der Waals surface area contributed by atoms with Crippen LogP contribution < -0.4 is 10.5 Å². The maximum atomic E-state index is 13.0. The van der Waals surface area contributed by atoms with Gasteiger partial charge in [0, 0.05) is 12.1 Å². The number of nitrogens with zero attached hydrogens (tertiary/aromatic N) is 1. The largest absolute Gasteiger partial charge is 0.491 e.